The molecule has 0 saturated heterocycles. The van der Waals surface area contributed by atoms with Crippen LogP contribution in [0.5, 0.6) is 0 Å². The molecule has 0 heterocycles. The molecule has 21 heavy (non-hydrogen) atoms. The summed E-state index contributed by atoms with van der Waals surface area (Å²) >= 11 is 0. The number of carbonyl (C=O) groups is 2. The van der Waals surface area contributed by atoms with Gasteiger partial charge in [-0.05, 0) is 13.0 Å². The molecule has 0 aliphatic carbocycles. The molecule has 2 unspecified atom stereocenters. The lowest BCUT2D eigenvalue weighted by molar-refractivity contribution is -0.385. The molecule has 0 spiro atoms. The van der Waals surface area contributed by atoms with Gasteiger partial charge in [-0.2, -0.15) is 0 Å². The lowest BCUT2D eigenvalue weighted by atomic mass is 9.98. The average molecular weight is 299 g/mol. The molecule has 3 N–H and O–H groups in total. The van der Waals surface area contributed by atoms with Gasteiger partial charge < -0.3 is 20.1 Å². The number of aliphatic hydroxyl groups is 2. The number of aliphatic hydroxyl groups excluding tert-OH is 2. The van der Waals surface area contributed by atoms with E-state index in [1.165, 1.54) is 6.92 Å². The van der Waals surface area contributed by atoms with Crippen molar-refractivity contribution in [1.82, 2.24) is 0 Å². The maximum atomic E-state index is 11.3. The number of nitro benzene ring substituents is 1. The Morgan fingerprint density at radius 2 is 2.00 bits per heavy atom. The number of carboxylic acid groups (broad SMARTS) is 1. The second kappa shape index (κ2) is 6.77. The number of nitro groups is 1. The van der Waals surface area contributed by atoms with Gasteiger partial charge in [-0.3, -0.25) is 10.1 Å². The van der Waals surface area contributed by atoms with Gasteiger partial charge in [0.15, 0.2) is 6.10 Å². The number of nitrogens with zero attached hydrogens (tertiary/aromatic N) is 1. The van der Waals surface area contributed by atoms with Crippen LogP contribution >= 0.6 is 0 Å². The van der Waals surface area contributed by atoms with E-state index in [4.69, 9.17) is 5.11 Å². The second-order valence-corrected chi connectivity index (χ2v) is 3.98. The van der Waals surface area contributed by atoms with Crippen LogP contribution in [0.2, 0.25) is 0 Å². The highest BCUT2D eigenvalue weighted by molar-refractivity contribution is 5.90. The summed E-state index contributed by atoms with van der Waals surface area (Å²) in [4.78, 5) is 32.3. The maximum absolute atomic E-state index is 11.3. The summed E-state index contributed by atoms with van der Waals surface area (Å²) in [5.41, 5.74) is -1.39. The zero-order chi connectivity index (χ0) is 16.2. The van der Waals surface area contributed by atoms with E-state index >= 15 is 0 Å². The molecule has 1 rings (SSSR count). The van der Waals surface area contributed by atoms with Crippen LogP contribution in [0.1, 0.15) is 28.9 Å². The summed E-state index contributed by atoms with van der Waals surface area (Å²) in [5.74, 6) is -2.62. The smallest absolute Gasteiger partial charge is 0.338 e. The van der Waals surface area contributed by atoms with Crippen LogP contribution in [-0.4, -0.2) is 44.9 Å². The highest BCUT2D eigenvalue weighted by Gasteiger charge is 2.31. The molecule has 0 radical (unpaired) electrons. The van der Waals surface area contributed by atoms with Crippen molar-refractivity contribution in [2.75, 3.05) is 6.61 Å². The molecule has 9 nitrogen and oxygen atoms in total. The van der Waals surface area contributed by atoms with Crippen LogP contribution < -0.4 is 0 Å². The van der Waals surface area contributed by atoms with E-state index in [1.807, 2.05) is 0 Å². The van der Waals surface area contributed by atoms with Gasteiger partial charge in [0.1, 0.15) is 6.10 Å². The SMILES string of the molecule is CCOC(=O)C(O)C(O)c1cc([N+](=O)[O-])ccc1C(=O)O. The molecule has 0 bridgehead atoms. The minimum atomic E-state index is -2.05. The zero-order valence-electron chi connectivity index (χ0n) is 10.9. The summed E-state index contributed by atoms with van der Waals surface area (Å²) in [6.07, 6.45) is -4.01. The fraction of sp³-hybridized carbons (Fsp3) is 0.333. The average Bonchev–Trinajstić information content (AvgIpc) is 2.45. The molecule has 0 aromatic heterocycles. The van der Waals surface area contributed by atoms with Gasteiger partial charge in [-0.25, -0.2) is 9.59 Å². The largest absolute Gasteiger partial charge is 0.478 e. The first-order valence-electron chi connectivity index (χ1n) is 5.84. The van der Waals surface area contributed by atoms with Crippen molar-refractivity contribution in [3.05, 3.63) is 39.4 Å². The minimum absolute atomic E-state index is 0.0522. The summed E-state index contributed by atoms with van der Waals surface area (Å²) < 4.78 is 4.49. The summed E-state index contributed by atoms with van der Waals surface area (Å²) in [5, 5.41) is 39.2. The molecule has 9 heteroatoms. The van der Waals surface area contributed by atoms with Crippen LogP contribution in [0.15, 0.2) is 18.2 Å². The molecule has 2 atom stereocenters. The highest BCUT2D eigenvalue weighted by atomic mass is 16.6. The summed E-state index contributed by atoms with van der Waals surface area (Å²) in [6.45, 7) is 1.43. The van der Waals surface area contributed by atoms with E-state index < -0.39 is 45.9 Å². The third-order valence-corrected chi connectivity index (χ3v) is 2.62. The summed E-state index contributed by atoms with van der Waals surface area (Å²) in [7, 11) is 0. The van der Waals surface area contributed by atoms with Gasteiger partial charge in [0.05, 0.1) is 17.1 Å². The van der Waals surface area contributed by atoms with E-state index in [0.717, 1.165) is 18.2 Å². The fourth-order valence-corrected chi connectivity index (χ4v) is 1.63. The van der Waals surface area contributed by atoms with E-state index in [-0.39, 0.29) is 6.61 Å². The number of carboxylic acids is 1. The highest BCUT2D eigenvalue weighted by Crippen LogP contribution is 2.26. The lowest BCUT2D eigenvalue weighted by Gasteiger charge is -2.18. The number of esters is 1. The molecular formula is C12H13NO8. The third-order valence-electron chi connectivity index (χ3n) is 2.62. The zero-order valence-corrected chi connectivity index (χ0v) is 10.9. The Labute approximate surface area is 118 Å². The topological polar surface area (TPSA) is 147 Å². The number of hydrogen-bond acceptors (Lipinski definition) is 7. The Morgan fingerprint density at radius 3 is 2.48 bits per heavy atom. The van der Waals surface area contributed by atoms with Gasteiger partial charge in [-0.1, -0.05) is 0 Å². The molecule has 0 saturated carbocycles. The molecule has 0 aliphatic rings. The molecular weight excluding hydrogens is 286 g/mol. The molecule has 0 amide bonds. The molecule has 0 aliphatic heterocycles. The first kappa shape index (κ1) is 16.5. The van der Waals surface area contributed by atoms with Gasteiger partial charge in [0, 0.05) is 17.7 Å². The Hall–Kier alpha value is -2.52. The van der Waals surface area contributed by atoms with E-state index in [2.05, 4.69) is 4.74 Å². The predicted molar refractivity (Wildman–Crippen MR) is 67.7 cm³/mol. The van der Waals surface area contributed by atoms with Gasteiger partial charge in [0.2, 0.25) is 0 Å². The number of non-ortho nitro benzene ring substituents is 1. The van der Waals surface area contributed by atoms with Crippen LogP contribution in [-0.2, 0) is 9.53 Å². The Balaban J connectivity index is 3.24. The normalized spacial score (nSPS) is 13.3. The van der Waals surface area contributed by atoms with Crippen molar-refractivity contribution < 1.29 is 34.6 Å². The van der Waals surface area contributed by atoms with Crippen LogP contribution in [0, 0.1) is 10.1 Å². The lowest BCUT2D eigenvalue weighted by Crippen LogP contribution is -2.30. The van der Waals surface area contributed by atoms with Crippen LogP contribution in [0.4, 0.5) is 5.69 Å². The van der Waals surface area contributed by atoms with Crippen LogP contribution in [0.25, 0.3) is 0 Å². The van der Waals surface area contributed by atoms with E-state index in [1.54, 1.807) is 0 Å². The van der Waals surface area contributed by atoms with E-state index in [0.29, 0.717) is 0 Å². The fourth-order valence-electron chi connectivity index (χ4n) is 1.63. The Kier molecular flexibility index (Phi) is 5.33. The summed E-state index contributed by atoms with van der Waals surface area (Å²) in [6, 6.07) is 2.64. The van der Waals surface area contributed by atoms with E-state index in [9.17, 15) is 29.9 Å². The number of hydrogen-bond donors (Lipinski definition) is 3. The maximum Gasteiger partial charge on any atom is 0.338 e. The van der Waals surface area contributed by atoms with Crippen molar-refractivity contribution >= 4 is 17.6 Å². The number of carbonyl (C=O) groups excluding carboxylic acids is 1. The minimum Gasteiger partial charge on any atom is -0.478 e. The standard InChI is InChI=1S/C12H13NO8/c1-2-21-12(18)10(15)9(14)8-5-6(13(19)20)3-4-7(8)11(16)17/h3-5,9-10,14-15H,2H2,1H3,(H,16,17). The molecule has 1 aromatic rings. The van der Waals surface area contributed by atoms with Crippen molar-refractivity contribution in [3.8, 4) is 0 Å². The van der Waals surface area contributed by atoms with Gasteiger partial charge in [0.25, 0.3) is 5.69 Å². The number of aromatic carboxylic acids is 1. The van der Waals surface area contributed by atoms with Gasteiger partial charge in [-0.15, -0.1) is 0 Å². The van der Waals surface area contributed by atoms with Crippen molar-refractivity contribution in [2.24, 2.45) is 0 Å². The van der Waals surface area contributed by atoms with Crippen molar-refractivity contribution in [1.29, 1.82) is 0 Å². The first-order valence-corrected chi connectivity index (χ1v) is 5.84. The Morgan fingerprint density at radius 1 is 1.38 bits per heavy atom. The van der Waals surface area contributed by atoms with Crippen molar-refractivity contribution in [3.63, 3.8) is 0 Å². The van der Waals surface area contributed by atoms with Crippen molar-refractivity contribution in [2.45, 2.75) is 19.1 Å². The first-order chi connectivity index (χ1) is 9.79. The van der Waals surface area contributed by atoms with Gasteiger partial charge >= 0.3 is 11.9 Å². The molecule has 1 aromatic carbocycles. The quantitative estimate of drug-likeness (QED) is 0.384. The number of benzene rings is 1. The predicted octanol–water partition coefficient (Wildman–Crippen LogP) is 0.250. The monoisotopic (exact) mass is 299 g/mol. The molecule has 0 fully saturated rings. The Bertz CT molecular complexity index is 570. The number of ether oxygens (including phenoxy) is 1. The second-order valence-electron chi connectivity index (χ2n) is 3.98. The molecule has 114 valence electrons. The van der Waals surface area contributed by atoms with Crippen LogP contribution in [0.3, 0.4) is 0 Å². The third kappa shape index (κ3) is 3.74. The number of rotatable bonds is 6.